The number of rotatable bonds is 8. The molecule has 1 unspecified atom stereocenters. The van der Waals surface area contributed by atoms with Crippen molar-refractivity contribution in [2.24, 2.45) is 0 Å². The van der Waals surface area contributed by atoms with Gasteiger partial charge in [0.2, 0.25) is 15.9 Å². The number of hydrogen-bond acceptors (Lipinski definition) is 4. The van der Waals surface area contributed by atoms with Crippen molar-refractivity contribution < 1.29 is 17.6 Å². The lowest BCUT2D eigenvalue weighted by Gasteiger charge is -2.28. The van der Waals surface area contributed by atoms with E-state index >= 15 is 0 Å². The first kappa shape index (κ1) is 25.0. The van der Waals surface area contributed by atoms with E-state index in [-0.39, 0.29) is 29.2 Å². The molecule has 3 aromatic carbocycles. The first-order valence-corrected chi connectivity index (χ1v) is 13.2. The topological polar surface area (TPSA) is 69.7 Å². The van der Waals surface area contributed by atoms with E-state index in [0.717, 1.165) is 30.4 Å². The Morgan fingerprint density at radius 1 is 0.914 bits per heavy atom. The third-order valence-corrected chi connectivity index (χ3v) is 8.14. The minimum Gasteiger partial charge on any atom is -0.325 e. The highest BCUT2D eigenvalue weighted by atomic mass is 32.2. The molecule has 1 heterocycles. The molecule has 0 aliphatic carbocycles. The largest absolute Gasteiger partial charge is 0.325 e. The third-order valence-electron chi connectivity index (χ3n) is 6.23. The summed E-state index contributed by atoms with van der Waals surface area (Å²) < 4.78 is 40.7. The predicted molar refractivity (Wildman–Crippen MR) is 135 cm³/mol. The first-order valence-electron chi connectivity index (χ1n) is 11.8. The second-order valence-electron chi connectivity index (χ2n) is 8.82. The highest BCUT2D eigenvalue weighted by Gasteiger charge is 2.26. The van der Waals surface area contributed by atoms with Crippen molar-refractivity contribution in [2.45, 2.75) is 30.2 Å². The fourth-order valence-corrected chi connectivity index (χ4v) is 5.98. The maximum absolute atomic E-state index is 13.5. The summed E-state index contributed by atoms with van der Waals surface area (Å²) in [4.78, 5) is 15.0. The Kier molecular flexibility index (Phi) is 7.95. The highest BCUT2D eigenvalue weighted by molar-refractivity contribution is 7.89. The van der Waals surface area contributed by atoms with Crippen molar-refractivity contribution in [2.75, 3.05) is 32.0 Å². The molecule has 4 rings (SSSR count). The number of carbonyl (C=O) groups is 1. The Morgan fingerprint density at radius 3 is 2.14 bits per heavy atom. The lowest BCUT2D eigenvalue weighted by molar-refractivity contribution is -0.117. The van der Waals surface area contributed by atoms with E-state index in [0.29, 0.717) is 18.8 Å². The van der Waals surface area contributed by atoms with Gasteiger partial charge in [-0.1, -0.05) is 48.9 Å². The second kappa shape index (κ2) is 11.1. The molecule has 184 valence electrons. The second-order valence-corrected chi connectivity index (χ2v) is 10.8. The van der Waals surface area contributed by atoms with Crippen LogP contribution in [0.3, 0.4) is 0 Å². The minimum absolute atomic E-state index is 0.0881. The normalized spacial score (nSPS) is 15.6. The maximum atomic E-state index is 13.5. The lowest BCUT2D eigenvalue weighted by Crippen LogP contribution is -2.35. The quantitative estimate of drug-likeness (QED) is 0.494. The number of sulfonamides is 1. The van der Waals surface area contributed by atoms with Crippen LogP contribution in [-0.4, -0.2) is 50.2 Å². The number of halogens is 1. The number of piperidine rings is 1. The fourth-order valence-electron chi connectivity index (χ4n) is 4.46. The first-order chi connectivity index (χ1) is 16.8. The van der Waals surface area contributed by atoms with Gasteiger partial charge in [0.15, 0.2) is 0 Å². The maximum Gasteiger partial charge on any atom is 0.243 e. The van der Waals surface area contributed by atoms with E-state index in [4.69, 9.17) is 0 Å². The molecule has 0 bridgehead atoms. The molecular weight excluding hydrogens is 465 g/mol. The molecule has 1 fully saturated rings. The molecule has 1 amide bonds. The average molecular weight is 496 g/mol. The molecule has 0 aromatic heterocycles. The SMILES string of the molecule is CN(CC(=O)Nc1ccc(S(=O)(=O)N2CCCCC2)cc1)C(c1ccccc1)c1ccc(F)cc1. The van der Waals surface area contributed by atoms with E-state index in [1.54, 1.807) is 24.3 Å². The summed E-state index contributed by atoms with van der Waals surface area (Å²) in [6.07, 6.45) is 2.81. The van der Waals surface area contributed by atoms with Gasteiger partial charge in [-0.25, -0.2) is 12.8 Å². The molecule has 0 radical (unpaired) electrons. The van der Waals surface area contributed by atoms with Gasteiger partial charge in [0.05, 0.1) is 17.5 Å². The number of nitrogens with one attached hydrogen (secondary N) is 1. The molecule has 1 aliphatic heterocycles. The molecule has 8 heteroatoms. The summed E-state index contributed by atoms with van der Waals surface area (Å²) in [5.41, 5.74) is 2.39. The van der Waals surface area contributed by atoms with Crippen molar-refractivity contribution in [3.05, 3.63) is 95.8 Å². The molecule has 1 atom stereocenters. The van der Waals surface area contributed by atoms with Crippen LogP contribution >= 0.6 is 0 Å². The van der Waals surface area contributed by atoms with Crippen LogP contribution in [0.15, 0.2) is 83.8 Å². The van der Waals surface area contributed by atoms with Crippen LogP contribution in [0.25, 0.3) is 0 Å². The van der Waals surface area contributed by atoms with Crippen LogP contribution in [0, 0.1) is 5.82 Å². The smallest absolute Gasteiger partial charge is 0.243 e. The van der Waals surface area contributed by atoms with Gasteiger partial charge in [-0.2, -0.15) is 4.31 Å². The molecule has 1 saturated heterocycles. The van der Waals surface area contributed by atoms with Crippen LogP contribution in [-0.2, 0) is 14.8 Å². The van der Waals surface area contributed by atoms with Gasteiger partial charge in [0.25, 0.3) is 0 Å². The molecule has 35 heavy (non-hydrogen) atoms. The van der Waals surface area contributed by atoms with Gasteiger partial charge in [0, 0.05) is 18.8 Å². The average Bonchev–Trinajstić information content (AvgIpc) is 2.87. The molecule has 3 aromatic rings. The molecule has 1 aliphatic rings. The van der Waals surface area contributed by atoms with E-state index in [1.807, 2.05) is 42.3 Å². The van der Waals surface area contributed by atoms with Gasteiger partial charge in [-0.3, -0.25) is 9.69 Å². The molecule has 1 N–H and O–H groups in total. The zero-order valence-electron chi connectivity index (χ0n) is 19.7. The summed E-state index contributed by atoms with van der Waals surface area (Å²) in [5.74, 6) is -0.547. The standard InChI is InChI=1S/C27H30FN3O3S/c1-30(27(21-8-4-2-5-9-21)22-10-12-23(28)13-11-22)20-26(32)29-24-14-16-25(17-15-24)35(33,34)31-18-6-3-7-19-31/h2,4-5,8-17,27H,3,6-7,18-20H2,1H3,(H,29,32). The van der Waals surface area contributed by atoms with Crippen molar-refractivity contribution in [3.8, 4) is 0 Å². The molecule has 0 saturated carbocycles. The summed E-state index contributed by atoms with van der Waals surface area (Å²) in [6.45, 7) is 1.18. The highest BCUT2D eigenvalue weighted by Crippen LogP contribution is 2.28. The number of likely N-dealkylation sites (N-methyl/N-ethyl adjacent to an activating group) is 1. The molecular formula is C27H30FN3O3S. The number of hydrogen-bond donors (Lipinski definition) is 1. The van der Waals surface area contributed by atoms with Gasteiger partial charge >= 0.3 is 0 Å². The Morgan fingerprint density at radius 2 is 1.51 bits per heavy atom. The fraction of sp³-hybridized carbons (Fsp3) is 0.296. The van der Waals surface area contributed by atoms with Crippen LogP contribution in [0.2, 0.25) is 0 Å². The van der Waals surface area contributed by atoms with E-state index in [1.165, 1.54) is 28.6 Å². The molecule has 0 spiro atoms. The van der Waals surface area contributed by atoms with E-state index in [2.05, 4.69) is 5.32 Å². The zero-order chi connectivity index (χ0) is 24.8. The van der Waals surface area contributed by atoms with Gasteiger partial charge < -0.3 is 5.32 Å². The van der Waals surface area contributed by atoms with E-state index < -0.39 is 10.0 Å². The van der Waals surface area contributed by atoms with Crippen LogP contribution < -0.4 is 5.32 Å². The van der Waals surface area contributed by atoms with E-state index in [9.17, 15) is 17.6 Å². The van der Waals surface area contributed by atoms with Crippen LogP contribution in [0.1, 0.15) is 36.4 Å². The summed E-state index contributed by atoms with van der Waals surface area (Å²) in [5, 5.41) is 2.85. The minimum atomic E-state index is -3.52. The number of carbonyl (C=O) groups excluding carboxylic acids is 1. The number of nitrogens with zero attached hydrogens (tertiary/aromatic N) is 2. The molecule has 6 nitrogen and oxygen atoms in total. The van der Waals surface area contributed by atoms with Crippen molar-refractivity contribution in [3.63, 3.8) is 0 Å². The third kappa shape index (κ3) is 6.14. The summed E-state index contributed by atoms with van der Waals surface area (Å²) in [7, 11) is -1.67. The Hall–Kier alpha value is -3.07. The number of anilines is 1. The van der Waals surface area contributed by atoms with Crippen molar-refractivity contribution in [1.82, 2.24) is 9.21 Å². The van der Waals surface area contributed by atoms with Crippen LogP contribution in [0.4, 0.5) is 10.1 Å². The zero-order valence-corrected chi connectivity index (χ0v) is 20.5. The van der Waals surface area contributed by atoms with Gasteiger partial charge in [0.1, 0.15) is 5.82 Å². The Bertz CT molecular complexity index is 1230. The lowest BCUT2D eigenvalue weighted by atomic mass is 9.97. The number of benzene rings is 3. The predicted octanol–water partition coefficient (Wildman–Crippen LogP) is 4.66. The summed E-state index contributed by atoms with van der Waals surface area (Å²) >= 11 is 0. The Balaban J connectivity index is 1.44. The van der Waals surface area contributed by atoms with Gasteiger partial charge in [-0.15, -0.1) is 0 Å². The van der Waals surface area contributed by atoms with Crippen LogP contribution in [0.5, 0.6) is 0 Å². The van der Waals surface area contributed by atoms with Crippen molar-refractivity contribution in [1.29, 1.82) is 0 Å². The Labute approximate surface area is 206 Å². The number of amides is 1. The van der Waals surface area contributed by atoms with Gasteiger partial charge in [-0.05, 0) is 67.4 Å². The van der Waals surface area contributed by atoms with Crippen molar-refractivity contribution >= 4 is 21.6 Å². The monoisotopic (exact) mass is 495 g/mol. The summed E-state index contributed by atoms with van der Waals surface area (Å²) in [6, 6.07) is 22.1.